The average Bonchev–Trinajstić information content (AvgIpc) is 2.29. The van der Waals surface area contributed by atoms with Gasteiger partial charge in [0.1, 0.15) is 10.8 Å². The molecule has 1 rings (SSSR count). The average molecular weight is 291 g/mol. The van der Waals surface area contributed by atoms with E-state index in [4.69, 9.17) is 23.2 Å². The second kappa shape index (κ2) is 5.87. The molecule has 0 aliphatic rings. The fourth-order valence-electron chi connectivity index (χ4n) is 1.12. The van der Waals surface area contributed by atoms with Gasteiger partial charge in [-0.15, -0.1) is 0 Å². The number of rotatable bonds is 4. The van der Waals surface area contributed by atoms with Crippen molar-refractivity contribution in [2.24, 2.45) is 5.92 Å². The van der Waals surface area contributed by atoms with Crippen LogP contribution in [-0.2, 0) is 0 Å². The van der Waals surface area contributed by atoms with Crippen LogP contribution in [0, 0.1) is 5.92 Å². The van der Waals surface area contributed by atoms with Gasteiger partial charge >= 0.3 is 0 Å². The van der Waals surface area contributed by atoms with Gasteiger partial charge in [0.15, 0.2) is 0 Å². The van der Waals surface area contributed by atoms with Gasteiger partial charge in [0.25, 0.3) is 5.91 Å². The molecule has 2 N–H and O–H groups in total. The van der Waals surface area contributed by atoms with Crippen LogP contribution in [0.2, 0.25) is 10.2 Å². The van der Waals surface area contributed by atoms with Gasteiger partial charge in [-0.1, -0.05) is 37.0 Å². The molecule has 0 aliphatic carbocycles. The summed E-state index contributed by atoms with van der Waals surface area (Å²) in [7, 11) is 0. The number of amides is 1. The summed E-state index contributed by atoms with van der Waals surface area (Å²) in [6.45, 7) is 5.52. The Morgan fingerprint density at radius 3 is 2.67 bits per heavy atom. The predicted molar refractivity (Wildman–Crippen MR) is 72.1 cm³/mol. The van der Waals surface area contributed by atoms with Crippen molar-refractivity contribution in [2.75, 3.05) is 6.54 Å². The second-order valence-electron chi connectivity index (χ2n) is 4.66. The Hall–Kier alpha value is -0.840. The van der Waals surface area contributed by atoms with Crippen LogP contribution in [-0.4, -0.2) is 28.1 Å². The number of aliphatic hydroxyl groups is 1. The van der Waals surface area contributed by atoms with Crippen LogP contribution in [0.1, 0.15) is 31.3 Å². The number of nitrogens with zero attached hydrogens (tertiary/aromatic N) is 1. The smallest absolute Gasteiger partial charge is 0.271 e. The minimum atomic E-state index is -0.985. The molecular formula is C12H16Cl2N2O2. The molecule has 1 aromatic heterocycles. The van der Waals surface area contributed by atoms with Crippen LogP contribution in [0.3, 0.4) is 0 Å². The first kappa shape index (κ1) is 15.2. The lowest BCUT2D eigenvalue weighted by molar-refractivity contribution is 0.0142. The number of carbonyl (C=O) groups excluding carboxylic acids is 1. The molecule has 18 heavy (non-hydrogen) atoms. The number of nitrogens with one attached hydrogen (secondary N) is 1. The zero-order valence-corrected chi connectivity index (χ0v) is 12.0. The third-order valence-corrected chi connectivity index (χ3v) is 3.39. The summed E-state index contributed by atoms with van der Waals surface area (Å²) in [6.07, 6.45) is 0. The largest absolute Gasteiger partial charge is 0.388 e. The van der Waals surface area contributed by atoms with Gasteiger partial charge in [0.05, 0.1) is 10.6 Å². The zero-order chi connectivity index (χ0) is 13.9. The molecule has 0 saturated heterocycles. The number of halogens is 2. The Kier molecular flexibility index (Phi) is 4.96. The summed E-state index contributed by atoms with van der Waals surface area (Å²) in [5.41, 5.74) is -0.926. The first-order chi connectivity index (χ1) is 8.24. The molecule has 0 fully saturated rings. The van der Waals surface area contributed by atoms with Crippen molar-refractivity contribution in [2.45, 2.75) is 26.4 Å². The lowest BCUT2D eigenvalue weighted by atomic mass is 9.92. The molecular weight excluding hydrogens is 275 g/mol. The van der Waals surface area contributed by atoms with E-state index in [0.717, 1.165) is 0 Å². The molecule has 0 spiro atoms. The lowest BCUT2D eigenvalue weighted by Gasteiger charge is -2.27. The fraction of sp³-hybridized carbons (Fsp3) is 0.500. The van der Waals surface area contributed by atoms with Crippen molar-refractivity contribution in [1.82, 2.24) is 10.3 Å². The number of pyridine rings is 1. The summed E-state index contributed by atoms with van der Waals surface area (Å²) >= 11 is 11.6. The van der Waals surface area contributed by atoms with Crippen LogP contribution in [0.5, 0.6) is 0 Å². The van der Waals surface area contributed by atoms with Gasteiger partial charge in [0, 0.05) is 6.54 Å². The summed E-state index contributed by atoms with van der Waals surface area (Å²) < 4.78 is 0. The van der Waals surface area contributed by atoms with E-state index in [1.165, 1.54) is 12.1 Å². The highest BCUT2D eigenvalue weighted by Crippen LogP contribution is 2.18. The van der Waals surface area contributed by atoms with Crippen LogP contribution < -0.4 is 5.32 Å². The van der Waals surface area contributed by atoms with Gasteiger partial charge in [0.2, 0.25) is 0 Å². The van der Waals surface area contributed by atoms with Crippen molar-refractivity contribution < 1.29 is 9.90 Å². The molecule has 0 radical (unpaired) electrons. The van der Waals surface area contributed by atoms with E-state index in [-0.39, 0.29) is 28.3 Å². The highest BCUT2D eigenvalue weighted by atomic mass is 35.5. The van der Waals surface area contributed by atoms with Crippen LogP contribution >= 0.6 is 23.2 Å². The van der Waals surface area contributed by atoms with Gasteiger partial charge in [-0.3, -0.25) is 4.79 Å². The van der Waals surface area contributed by atoms with Crippen LogP contribution in [0.4, 0.5) is 0 Å². The first-order valence-corrected chi connectivity index (χ1v) is 6.32. The Morgan fingerprint density at radius 2 is 2.11 bits per heavy atom. The van der Waals surface area contributed by atoms with Crippen molar-refractivity contribution in [1.29, 1.82) is 0 Å². The Morgan fingerprint density at radius 1 is 1.50 bits per heavy atom. The summed E-state index contributed by atoms with van der Waals surface area (Å²) in [5, 5.41) is 13.0. The summed E-state index contributed by atoms with van der Waals surface area (Å²) in [5.74, 6) is -0.441. The minimum absolute atomic E-state index is 0.0144. The Balaban J connectivity index is 2.75. The molecule has 1 unspecified atom stereocenters. The van der Waals surface area contributed by atoms with E-state index < -0.39 is 11.5 Å². The quantitative estimate of drug-likeness (QED) is 0.838. The molecule has 1 aromatic rings. The fourth-order valence-corrected chi connectivity index (χ4v) is 1.46. The Labute approximate surface area is 116 Å². The zero-order valence-electron chi connectivity index (χ0n) is 10.5. The summed E-state index contributed by atoms with van der Waals surface area (Å²) in [4.78, 5) is 15.7. The van der Waals surface area contributed by atoms with E-state index in [2.05, 4.69) is 10.3 Å². The van der Waals surface area contributed by atoms with Crippen LogP contribution in [0.25, 0.3) is 0 Å². The number of hydrogen-bond acceptors (Lipinski definition) is 3. The highest BCUT2D eigenvalue weighted by Gasteiger charge is 2.26. The molecule has 0 saturated carbocycles. The maximum absolute atomic E-state index is 11.9. The monoisotopic (exact) mass is 290 g/mol. The SMILES string of the molecule is CC(C)C(C)(O)CNC(=O)c1nc(Cl)ccc1Cl. The van der Waals surface area contributed by atoms with E-state index in [0.29, 0.717) is 0 Å². The van der Waals surface area contributed by atoms with Crippen molar-refractivity contribution in [3.8, 4) is 0 Å². The maximum Gasteiger partial charge on any atom is 0.271 e. The molecule has 100 valence electrons. The molecule has 4 nitrogen and oxygen atoms in total. The number of hydrogen-bond donors (Lipinski definition) is 2. The van der Waals surface area contributed by atoms with E-state index in [9.17, 15) is 9.90 Å². The standard InChI is InChI=1S/C12H16Cl2N2O2/c1-7(2)12(3,18)6-15-11(17)10-8(13)4-5-9(14)16-10/h4-5,7,18H,6H2,1-3H3,(H,15,17). The predicted octanol–water partition coefficient (Wildman–Crippen LogP) is 2.53. The maximum atomic E-state index is 11.9. The van der Waals surface area contributed by atoms with Gasteiger partial charge in [-0.05, 0) is 25.0 Å². The Bertz CT molecular complexity index is 448. The van der Waals surface area contributed by atoms with Crippen molar-refractivity contribution >= 4 is 29.1 Å². The molecule has 1 atom stereocenters. The minimum Gasteiger partial charge on any atom is -0.388 e. The molecule has 0 bridgehead atoms. The number of carbonyl (C=O) groups is 1. The van der Waals surface area contributed by atoms with Crippen molar-refractivity contribution in [3.05, 3.63) is 28.0 Å². The van der Waals surface area contributed by atoms with E-state index in [1.807, 2.05) is 13.8 Å². The molecule has 0 aromatic carbocycles. The second-order valence-corrected chi connectivity index (χ2v) is 5.45. The van der Waals surface area contributed by atoms with Crippen LogP contribution in [0.15, 0.2) is 12.1 Å². The lowest BCUT2D eigenvalue weighted by Crippen LogP contribution is -2.44. The number of aromatic nitrogens is 1. The van der Waals surface area contributed by atoms with Gasteiger partial charge < -0.3 is 10.4 Å². The first-order valence-electron chi connectivity index (χ1n) is 5.56. The molecule has 0 aliphatic heterocycles. The van der Waals surface area contributed by atoms with E-state index in [1.54, 1.807) is 6.92 Å². The normalized spacial score (nSPS) is 14.4. The molecule has 1 heterocycles. The molecule has 6 heteroatoms. The van der Waals surface area contributed by atoms with E-state index >= 15 is 0 Å². The topological polar surface area (TPSA) is 62.2 Å². The molecule has 1 amide bonds. The van der Waals surface area contributed by atoms with Gasteiger partial charge in [-0.25, -0.2) is 4.98 Å². The third kappa shape index (κ3) is 3.83. The third-order valence-electron chi connectivity index (χ3n) is 2.88. The van der Waals surface area contributed by atoms with Gasteiger partial charge in [-0.2, -0.15) is 0 Å². The summed E-state index contributed by atoms with van der Waals surface area (Å²) in [6, 6.07) is 3.01. The highest BCUT2D eigenvalue weighted by molar-refractivity contribution is 6.34. The van der Waals surface area contributed by atoms with Crippen molar-refractivity contribution in [3.63, 3.8) is 0 Å².